The third-order valence-corrected chi connectivity index (χ3v) is 4.36. The molecule has 0 aliphatic carbocycles. The predicted octanol–water partition coefficient (Wildman–Crippen LogP) is 5.79. The minimum atomic E-state index is 0.0118. The third kappa shape index (κ3) is 4.01. The molecule has 1 rings (SSSR count). The van der Waals surface area contributed by atoms with Crippen LogP contribution in [0.4, 0.5) is 0 Å². The molecule has 0 heterocycles. The molecule has 1 aromatic carbocycles. The van der Waals surface area contributed by atoms with Gasteiger partial charge in [0.25, 0.3) is 0 Å². The molecule has 114 valence electrons. The Bertz CT molecular complexity index is 461. The first kappa shape index (κ1) is 17.1. The van der Waals surface area contributed by atoms with Crippen LogP contribution < -0.4 is 0 Å². The first-order valence-corrected chi connectivity index (χ1v) is 7.73. The van der Waals surface area contributed by atoms with Crippen molar-refractivity contribution in [3.63, 3.8) is 0 Å². The highest BCUT2D eigenvalue weighted by Crippen LogP contribution is 2.40. The van der Waals surface area contributed by atoms with Crippen molar-refractivity contribution in [1.29, 1.82) is 0 Å². The Morgan fingerprint density at radius 1 is 0.900 bits per heavy atom. The van der Waals surface area contributed by atoms with Gasteiger partial charge in [-0.2, -0.15) is 0 Å². The molecule has 1 nitrogen and oxygen atoms in total. The summed E-state index contributed by atoms with van der Waals surface area (Å²) in [4.78, 5) is 0. The minimum Gasteiger partial charge on any atom is -0.508 e. The van der Waals surface area contributed by atoms with E-state index in [1.54, 1.807) is 0 Å². The van der Waals surface area contributed by atoms with Crippen molar-refractivity contribution in [1.82, 2.24) is 0 Å². The van der Waals surface area contributed by atoms with Crippen LogP contribution in [0.2, 0.25) is 0 Å². The fourth-order valence-electron chi connectivity index (χ4n) is 3.12. The lowest BCUT2D eigenvalue weighted by molar-refractivity contribution is 0.283. The summed E-state index contributed by atoms with van der Waals surface area (Å²) in [7, 11) is 0. The molecule has 0 saturated carbocycles. The molecule has 0 atom stereocenters. The van der Waals surface area contributed by atoms with Crippen molar-refractivity contribution in [2.45, 2.75) is 79.1 Å². The number of hydrogen-bond acceptors (Lipinski definition) is 1. The fourth-order valence-corrected chi connectivity index (χ4v) is 3.12. The zero-order valence-electron chi connectivity index (χ0n) is 14.6. The van der Waals surface area contributed by atoms with Crippen LogP contribution in [0, 0.1) is 5.41 Å². The van der Waals surface area contributed by atoms with Gasteiger partial charge in [-0.15, -0.1) is 0 Å². The normalized spacial score (nSPS) is 13.6. The van der Waals surface area contributed by atoms with Crippen LogP contribution in [0.5, 0.6) is 5.75 Å². The average molecular weight is 276 g/mol. The summed E-state index contributed by atoms with van der Waals surface area (Å²) in [5.41, 5.74) is 2.81. The van der Waals surface area contributed by atoms with Gasteiger partial charge in [0.05, 0.1) is 0 Å². The Hall–Kier alpha value is -0.980. The molecule has 0 amide bonds. The quantitative estimate of drug-likeness (QED) is 0.737. The number of phenols is 1. The molecule has 0 saturated heterocycles. The maximum absolute atomic E-state index is 10.2. The maximum atomic E-state index is 10.2. The van der Waals surface area contributed by atoms with Gasteiger partial charge in [-0.25, -0.2) is 0 Å². The van der Waals surface area contributed by atoms with Crippen LogP contribution >= 0.6 is 0 Å². The molecule has 0 fully saturated rings. The minimum absolute atomic E-state index is 0.0118. The standard InChI is InChI=1S/C19H32O/c1-9-18(5,6)15-12-14(10-11-16(15)20)19(7,8)13-17(2,3)4/h10-12,20H,9,13H2,1-8H3. The van der Waals surface area contributed by atoms with Crippen molar-refractivity contribution in [3.8, 4) is 5.75 Å². The first-order valence-electron chi connectivity index (χ1n) is 7.73. The fraction of sp³-hybridized carbons (Fsp3) is 0.684. The highest BCUT2D eigenvalue weighted by atomic mass is 16.3. The molecule has 0 unspecified atom stereocenters. The van der Waals surface area contributed by atoms with Crippen molar-refractivity contribution >= 4 is 0 Å². The molecule has 0 bridgehead atoms. The summed E-state index contributed by atoms with van der Waals surface area (Å²) in [5, 5.41) is 10.2. The molecule has 0 aliphatic rings. The van der Waals surface area contributed by atoms with E-state index < -0.39 is 0 Å². The van der Waals surface area contributed by atoms with Gasteiger partial charge >= 0.3 is 0 Å². The Labute approximate surface area is 125 Å². The van der Waals surface area contributed by atoms with Crippen molar-refractivity contribution in [2.75, 3.05) is 0 Å². The molecule has 1 aromatic rings. The molecule has 0 spiro atoms. The lowest BCUT2D eigenvalue weighted by Gasteiger charge is -2.34. The van der Waals surface area contributed by atoms with Gasteiger partial charge in [0, 0.05) is 0 Å². The highest BCUT2D eigenvalue weighted by Gasteiger charge is 2.29. The average Bonchev–Trinajstić information content (AvgIpc) is 2.25. The second-order valence-electron chi connectivity index (χ2n) is 8.59. The SMILES string of the molecule is CCC(C)(C)c1cc(C(C)(C)CC(C)(C)C)ccc1O. The van der Waals surface area contributed by atoms with E-state index in [0.717, 1.165) is 18.4 Å². The monoisotopic (exact) mass is 276 g/mol. The molecule has 0 radical (unpaired) electrons. The van der Waals surface area contributed by atoms with Crippen molar-refractivity contribution in [2.24, 2.45) is 5.41 Å². The van der Waals surface area contributed by atoms with Crippen molar-refractivity contribution in [3.05, 3.63) is 29.3 Å². The highest BCUT2D eigenvalue weighted by molar-refractivity contribution is 5.43. The van der Waals surface area contributed by atoms with Gasteiger partial charge in [-0.1, -0.05) is 67.5 Å². The Morgan fingerprint density at radius 2 is 1.45 bits per heavy atom. The second kappa shape index (κ2) is 5.42. The van der Waals surface area contributed by atoms with E-state index in [1.807, 2.05) is 6.07 Å². The first-order chi connectivity index (χ1) is 8.89. The summed E-state index contributed by atoms with van der Waals surface area (Å²) >= 11 is 0. The maximum Gasteiger partial charge on any atom is 0.119 e. The van der Waals surface area contributed by atoms with Crippen LogP contribution in [-0.4, -0.2) is 5.11 Å². The lowest BCUT2D eigenvalue weighted by atomic mass is 9.71. The number of benzene rings is 1. The van der Waals surface area contributed by atoms with Gasteiger partial charge in [-0.3, -0.25) is 0 Å². The zero-order valence-corrected chi connectivity index (χ0v) is 14.6. The number of phenolic OH excluding ortho intramolecular Hbond substituents is 1. The smallest absolute Gasteiger partial charge is 0.119 e. The van der Waals surface area contributed by atoms with E-state index in [-0.39, 0.29) is 10.8 Å². The molecular formula is C19H32O. The molecule has 0 aliphatic heterocycles. The third-order valence-electron chi connectivity index (χ3n) is 4.36. The van der Waals surface area contributed by atoms with Crippen LogP contribution in [-0.2, 0) is 10.8 Å². The predicted molar refractivity (Wildman–Crippen MR) is 88.5 cm³/mol. The zero-order chi connectivity index (χ0) is 15.8. The molecule has 1 heteroatoms. The van der Waals surface area contributed by atoms with E-state index in [2.05, 4.69) is 67.5 Å². The van der Waals surface area contributed by atoms with E-state index in [1.165, 1.54) is 5.56 Å². The Balaban J connectivity index is 3.25. The van der Waals surface area contributed by atoms with Gasteiger partial charge in [0.15, 0.2) is 0 Å². The van der Waals surface area contributed by atoms with Crippen molar-refractivity contribution < 1.29 is 5.11 Å². The molecule has 20 heavy (non-hydrogen) atoms. The summed E-state index contributed by atoms with van der Waals surface area (Å²) in [6, 6.07) is 6.16. The topological polar surface area (TPSA) is 20.2 Å². The van der Waals surface area contributed by atoms with Gasteiger partial charge in [0.1, 0.15) is 5.75 Å². The second-order valence-corrected chi connectivity index (χ2v) is 8.59. The van der Waals surface area contributed by atoms with Crippen LogP contribution in [0.15, 0.2) is 18.2 Å². The van der Waals surface area contributed by atoms with Gasteiger partial charge in [0.2, 0.25) is 0 Å². The van der Waals surface area contributed by atoms with Gasteiger partial charge < -0.3 is 5.11 Å². The largest absolute Gasteiger partial charge is 0.508 e. The van der Waals surface area contributed by atoms with Crippen LogP contribution in [0.25, 0.3) is 0 Å². The number of rotatable bonds is 4. The van der Waals surface area contributed by atoms with E-state index in [4.69, 9.17) is 0 Å². The summed E-state index contributed by atoms with van der Waals surface area (Å²) in [6.07, 6.45) is 2.14. The van der Waals surface area contributed by atoms with Crippen LogP contribution in [0.1, 0.15) is 79.4 Å². The molecular weight excluding hydrogens is 244 g/mol. The summed E-state index contributed by atoms with van der Waals surface area (Å²) < 4.78 is 0. The number of hydrogen-bond donors (Lipinski definition) is 1. The Morgan fingerprint density at radius 3 is 1.90 bits per heavy atom. The van der Waals surface area contributed by atoms with Crippen LogP contribution in [0.3, 0.4) is 0 Å². The van der Waals surface area contributed by atoms with E-state index in [0.29, 0.717) is 11.2 Å². The summed E-state index contributed by atoms with van der Waals surface area (Å²) in [6.45, 7) is 18.0. The van der Waals surface area contributed by atoms with E-state index >= 15 is 0 Å². The Kier molecular flexibility index (Phi) is 4.63. The molecule has 0 aromatic heterocycles. The van der Waals surface area contributed by atoms with Gasteiger partial charge in [-0.05, 0) is 46.3 Å². The molecule has 1 N–H and O–H groups in total. The summed E-state index contributed by atoms with van der Waals surface area (Å²) in [5.74, 6) is 0.423. The lowest BCUT2D eigenvalue weighted by Crippen LogP contribution is -2.26. The van der Waals surface area contributed by atoms with E-state index in [9.17, 15) is 5.11 Å². The number of aromatic hydroxyl groups is 1.